The normalized spacial score (nSPS) is 17.5. The van der Waals surface area contributed by atoms with Gasteiger partial charge in [0.25, 0.3) is 5.91 Å². The number of imide groups is 1. The Morgan fingerprint density at radius 3 is 2.47 bits per heavy atom. The molecule has 8 heteroatoms. The van der Waals surface area contributed by atoms with E-state index in [1.807, 2.05) is 0 Å². The van der Waals surface area contributed by atoms with E-state index in [1.165, 1.54) is 0 Å². The highest BCUT2D eigenvalue weighted by Gasteiger charge is 2.44. The Bertz CT molecular complexity index is 332. The summed E-state index contributed by atoms with van der Waals surface area (Å²) in [6.45, 7) is 3.55. The monoisotopic (exact) mass is 264 g/mol. The van der Waals surface area contributed by atoms with Crippen molar-refractivity contribution in [3.05, 3.63) is 0 Å². The molecule has 17 heavy (non-hydrogen) atoms. The van der Waals surface area contributed by atoms with Crippen LogP contribution in [0.1, 0.15) is 13.8 Å². The van der Waals surface area contributed by atoms with E-state index in [1.54, 1.807) is 13.8 Å². The van der Waals surface area contributed by atoms with Crippen LogP contribution in [0.25, 0.3) is 0 Å². The van der Waals surface area contributed by atoms with E-state index >= 15 is 0 Å². The largest absolute Gasteiger partial charge is 0.353 e. The number of rotatable bonds is 4. The Labute approximate surface area is 105 Å². The van der Waals surface area contributed by atoms with Gasteiger partial charge in [0.15, 0.2) is 0 Å². The van der Waals surface area contributed by atoms with Crippen molar-refractivity contribution in [3.8, 4) is 0 Å². The molecule has 0 radical (unpaired) electrons. The first-order chi connectivity index (χ1) is 7.38. The molecule has 1 aliphatic rings. The fourth-order valence-corrected chi connectivity index (χ4v) is 1.37. The van der Waals surface area contributed by atoms with Gasteiger partial charge in [-0.05, 0) is 13.8 Å². The van der Waals surface area contributed by atoms with Gasteiger partial charge in [0, 0.05) is 13.1 Å². The van der Waals surface area contributed by atoms with Crippen molar-refractivity contribution in [1.29, 1.82) is 0 Å². The zero-order chi connectivity index (χ0) is 12.3. The molecule has 0 aromatic heterocycles. The Hall–Kier alpha value is -1.34. The summed E-state index contributed by atoms with van der Waals surface area (Å²) < 4.78 is 0. The summed E-state index contributed by atoms with van der Waals surface area (Å²) >= 11 is 0. The summed E-state index contributed by atoms with van der Waals surface area (Å²) in [6.07, 6.45) is 0. The van der Waals surface area contributed by atoms with Gasteiger partial charge in [-0.2, -0.15) is 0 Å². The van der Waals surface area contributed by atoms with Crippen LogP contribution in [-0.2, 0) is 9.59 Å². The van der Waals surface area contributed by atoms with E-state index in [9.17, 15) is 14.4 Å². The maximum atomic E-state index is 11.7. The first-order valence-electron chi connectivity index (χ1n) is 4.99. The molecule has 4 N–H and O–H groups in total. The van der Waals surface area contributed by atoms with Crippen LogP contribution in [0.4, 0.5) is 4.79 Å². The molecule has 98 valence electrons. The number of urea groups is 1. The molecular weight excluding hydrogens is 248 g/mol. The molecule has 7 nitrogen and oxygen atoms in total. The number of nitrogens with one attached hydrogen (secondary N) is 2. The summed E-state index contributed by atoms with van der Waals surface area (Å²) in [5.74, 6) is -0.799. The predicted molar refractivity (Wildman–Crippen MR) is 63.6 cm³/mol. The number of halogens is 1. The molecule has 0 spiro atoms. The summed E-state index contributed by atoms with van der Waals surface area (Å²) in [6, 6.07) is -0.544. The Morgan fingerprint density at radius 1 is 1.47 bits per heavy atom. The molecule has 1 heterocycles. The molecule has 0 saturated carbocycles. The summed E-state index contributed by atoms with van der Waals surface area (Å²) in [5, 5.41) is 4.98. The van der Waals surface area contributed by atoms with E-state index in [-0.39, 0.29) is 19.0 Å². The van der Waals surface area contributed by atoms with Gasteiger partial charge in [-0.25, -0.2) is 4.79 Å². The Morgan fingerprint density at radius 2 is 2.06 bits per heavy atom. The minimum absolute atomic E-state index is 0. The zero-order valence-corrected chi connectivity index (χ0v) is 10.6. The van der Waals surface area contributed by atoms with Crippen molar-refractivity contribution in [2.45, 2.75) is 19.4 Å². The fourth-order valence-electron chi connectivity index (χ4n) is 1.37. The van der Waals surface area contributed by atoms with Gasteiger partial charge in [-0.1, -0.05) is 0 Å². The van der Waals surface area contributed by atoms with Gasteiger partial charge in [0.1, 0.15) is 12.1 Å². The van der Waals surface area contributed by atoms with Crippen LogP contribution in [-0.4, -0.2) is 47.9 Å². The highest BCUT2D eigenvalue weighted by molar-refractivity contribution is 6.08. The zero-order valence-electron chi connectivity index (χ0n) is 9.78. The minimum Gasteiger partial charge on any atom is -0.353 e. The smallest absolute Gasteiger partial charge is 0.325 e. The lowest BCUT2D eigenvalue weighted by Gasteiger charge is -2.15. The number of carbonyl (C=O) groups excluding carboxylic acids is 3. The topological polar surface area (TPSA) is 105 Å². The van der Waals surface area contributed by atoms with Gasteiger partial charge in [0.2, 0.25) is 5.91 Å². The average molecular weight is 265 g/mol. The first-order valence-corrected chi connectivity index (χ1v) is 4.99. The molecule has 0 aromatic carbocycles. The van der Waals surface area contributed by atoms with E-state index in [0.29, 0.717) is 13.1 Å². The van der Waals surface area contributed by atoms with Crippen LogP contribution < -0.4 is 16.4 Å². The van der Waals surface area contributed by atoms with Crippen molar-refractivity contribution in [3.63, 3.8) is 0 Å². The van der Waals surface area contributed by atoms with Crippen LogP contribution in [0.5, 0.6) is 0 Å². The lowest BCUT2D eigenvalue weighted by Crippen LogP contribution is -2.43. The Kier molecular flexibility index (Phi) is 5.37. The highest BCUT2D eigenvalue weighted by atomic mass is 35.5. The van der Waals surface area contributed by atoms with Crippen molar-refractivity contribution >= 4 is 30.3 Å². The standard InChI is InChI=1S/C9H16N4O3.ClH/c1-9(2)7(15)13(8(16)12-9)5-6(14)11-4-3-10;/h3-5,10H2,1-2H3,(H,11,14)(H,12,16);1H. The molecule has 1 saturated heterocycles. The molecule has 0 bridgehead atoms. The van der Waals surface area contributed by atoms with Crippen LogP contribution in [0.15, 0.2) is 0 Å². The summed E-state index contributed by atoms with van der Waals surface area (Å²) in [7, 11) is 0. The summed E-state index contributed by atoms with van der Waals surface area (Å²) in [4.78, 5) is 35.3. The number of carbonyl (C=O) groups is 3. The lowest BCUT2D eigenvalue weighted by atomic mass is 10.1. The van der Waals surface area contributed by atoms with Crippen molar-refractivity contribution in [2.24, 2.45) is 5.73 Å². The molecule has 1 aliphatic heterocycles. The second kappa shape index (κ2) is 5.83. The fraction of sp³-hybridized carbons (Fsp3) is 0.667. The van der Waals surface area contributed by atoms with Crippen LogP contribution in [0, 0.1) is 0 Å². The van der Waals surface area contributed by atoms with Crippen LogP contribution in [0.3, 0.4) is 0 Å². The number of hydrogen-bond donors (Lipinski definition) is 3. The molecule has 0 atom stereocenters. The maximum absolute atomic E-state index is 11.7. The van der Waals surface area contributed by atoms with Gasteiger partial charge in [-0.15, -0.1) is 12.4 Å². The second-order valence-corrected chi connectivity index (χ2v) is 4.09. The Balaban J connectivity index is 0.00000256. The molecule has 0 unspecified atom stereocenters. The molecule has 4 amide bonds. The predicted octanol–water partition coefficient (Wildman–Crippen LogP) is -1.19. The van der Waals surface area contributed by atoms with Gasteiger partial charge >= 0.3 is 6.03 Å². The van der Waals surface area contributed by atoms with Gasteiger partial charge in [-0.3, -0.25) is 14.5 Å². The average Bonchev–Trinajstić information content (AvgIpc) is 2.38. The van der Waals surface area contributed by atoms with E-state index in [0.717, 1.165) is 4.90 Å². The quantitative estimate of drug-likeness (QED) is 0.556. The first kappa shape index (κ1) is 15.7. The van der Waals surface area contributed by atoms with Gasteiger partial charge in [0.05, 0.1) is 0 Å². The van der Waals surface area contributed by atoms with Crippen molar-refractivity contribution in [2.75, 3.05) is 19.6 Å². The van der Waals surface area contributed by atoms with E-state index in [2.05, 4.69) is 10.6 Å². The summed E-state index contributed by atoms with van der Waals surface area (Å²) in [5.41, 5.74) is 4.27. The minimum atomic E-state index is -0.939. The van der Waals surface area contributed by atoms with E-state index in [4.69, 9.17) is 5.73 Å². The molecule has 0 aromatic rings. The third-order valence-electron chi connectivity index (χ3n) is 2.21. The SMILES string of the molecule is CC1(C)NC(=O)N(CC(=O)NCCN)C1=O.Cl. The maximum Gasteiger partial charge on any atom is 0.325 e. The third-order valence-corrected chi connectivity index (χ3v) is 2.21. The molecule has 1 rings (SSSR count). The van der Waals surface area contributed by atoms with Gasteiger partial charge < -0.3 is 16.4 Å². The lowest BCUT2D eigenvalue weighted by molar-refractivity contribution is -0.134. The molecular formula is C9H17ClN4O3. The van der Waals surface area contributed by atoms with E-state index < -0.39 is 23.4 Å². The van der Waals surface area contributed by atoms with Crippen molar-refractivity contribution in [1.82, 2.24) is 15.5 Å². The van der Waals surface area contributed by atoms with Crippen LogP contribution >= 0.6 is 12.4 Å². The molecule has 0 aliphatic carbocycles. The van der Waals surface area contributed by atoms with Crippen molar-refractivity contribution < 1.29 is 14.4 Å². The number of nitrogens with zero attached hydrogens (tertiary/aromatic N) is 1. The van der Waals surface area contributed by atoms with Crippen LogP contribution in [0.2, 0.25) is 0 Å². The highest BCUT2D eigenvalue weighted by Crippen LogP contribution is 2.15. The molecule has 1 fully saturated rings. The number of hydrogen-bond acceptors (Lipinski definition) is 4. The number of amides is 4. The number of nitrogens with two attached hydrogens (primary N) is 1. The third kappa shape index (κ3) is 3.57. The second-order valence-electron chi connectivity index (χ2n) is 4.09.